The molecule has 35 heavy (non-hydrogen) atoms. The van der Waals surface area contributed by atoms with Gasteiger partial charge in [-0.15, -0.1) is 11.3 Å². The van der Waals surface area contributed by atoms with E-state index >= 15 is 0 Å². The molecule has 0 spiro atoms. The lowest BCUT2D eigenvalue weighted by Gasteiger charge is -2.14. The average molecular weight is 488 g/mol. The zero-order valence-electron chi connectivity index (χ0n) is 19.2. The molecule has 5 heterocycles. The van der Waals surface area contributed by atoms with E-state index in [4.69, 9.17) is 4.98 Å². The molecule has 176 valence electrons. The van der Waals surface area contributed by atoms with E-state index in [9.17, 15) is 9.59 Å². The summed E-state index contributed by atoms with van der Waals surface area (Å²) in [5.41, 5.74) is 4.49. The second kappa shape index (κ2) is 7.87. The van der Waals surface area contributed by atoms with Gasteiger partial charge in [0.05, 0.1) is 34.8 Å². The van der Waals surface area contributed by atoms with Crippen molar-refractivity contribution in [3.05, 3.63) is 69.0 Å². The second-order valence-electron chi connectivity index (χ2n) is 8.47. The number of hydrogen-bond acceptors (Lipinski definition) is 7. The Morgan fingerprint density at radius 2 is 2.11 bits per heavy atom. The number of nitrogens with zero attached hydrogens (tertiary/aromatic N) is 6. The highest BCUT2D eigenvalue weighted by atomic mass is 32.1. The minimum Gasteiger partial charge on any atom is -0.341 e. The number of carbonyl (C=O) groups is 1. The smallest absolute Gasteiger partial charge is 0.291 e. The first-order chi connectivity index (χ1) is 16.9. The molecule has 0 aliphatic carbocycles. The number of hydrogen-bond donors (Lipinski definition) is 3. The Morgan fingerprint density at radius 3 is 2.89 bits per heavy atom. The summed E-state index contributed by atoms with van der Waals surface area (Å²) in [6.07, 6.45) is 5.25. The van der Waals surface area contributed by atoms with Gasteiger partial charge in [-0.2, -0.15) is 15.3 Å². The van der Waals surface area contributed by atoms with Crippen molar-refractivity contribution >= 4 is 49.4 Å². The van der Waals surface area contributed by atoms with Crippen LogP contribution in [-0.2, 0) is 18.4 Å². The van der Waals surface area contributed by atoms with Gasteiger partial charge in [-0.1, -0.05) is 12.1 Å². The summed E-state index contributed by atoms with van der Waals surface area (Å²) in [5.74, 6) is -0.182. The van der Waals surface area contributed by atoms with Crippen LogP contribution < -0.4 is 10.9 Å². The molecule has 6 rings (SSSR count). The molecule has 0 aliphatic heterocycles. The van der Waals surface area contributed by atoms with Crippen molar-refractivity contribution in [3.63, 3.8) is 0 Å². The van der Waals surface area contributed by atoms with Crippen LogP contribution >= 0.6 is 11.3 Å². The lowest BCUT2D eigenvalue weighted by Crippen LogP contribution is -2.27. The number of aromatic nitrogens is 8. The predicted molar refractivity (Wildman–Crippen MR) is 132 cm³/mol. The highest BCUT2D eigenvalue weighted by Gasteiger charge is 2.26. The first-order valence-electron chi connectivity index (χ1n) is 11.0. The Balaban J connectivity index is 1.46. The van der Waals surface area contributed by atoms with Crippen LogP contribution in [0.15, 0.2) is 41.6 Å². The SMILES string of the molecule is CC(=O)NC(c1nc2c(s1)c1cnn(Cc3cccc4[nH]ncc34)c(=O)c1n2C)c1n[nH]cc1C. The number of benzene rings is 1. The van der Waals surface area contributed by atoms with E-state index in [-0.39, 0.29) is 11.5 Å². The molecule has 1 unspecified atom stereocenters. The first-order valence-corrected chi connectivity index (χ1v) is 11.8. The van der Waals surface area contributed by atoms with E-state index in [0.717, 1.165) is 32.1 Å². The van der Waals surface area contributed by atoms with Gasteiger partial charge in [0.15, 0.2) is 5.65 Å². The standard InChI is InChI=1S/C23H21N9O2S/c1-11-7-24-30-17(11)18(27-12(2)33)22-28-21-20(35-22)15-9-26-32(23(34)19(15)31(21)3)10-13-5-4-6-16-14(13)8-25-29-16/h4-9,18H,10H2,1-3H3,(H,24,30)(H,25,29)(H,27,33). The summed E-state index contributed by atoms with van der Waals surface area (Å²) < 4.78 is 4.10. The highest BCUT2D eigenvalue weighted by Crippen LogP contribution is 2.35. The van der Waals surface area contributed by atoms with Gasteiger partial charge in [-0.3, -0.25) is 19.8 Å². The molecule has 1 amide bonds. The van der Waals surface area contributed by atoms with Crippen molar-refractivity contribution in [2.75, 3.05) is 0 Å². The normalized spacial score (nSPS) is 12.7. The quantitative estimate of drug-likeness (QED) is 0.341. The Labute approximate surface area is 201 Å². The Morgan fingerprint density at radius 1 is 1.26 bits per heavy atom. The number of aryl methyl sites for hydroxylation is 2. The van der Waals surface area contributed by atoms with E-state index < -0.39 is 6.04 Å². The maximum Gasteiger partial charge on any atom is 0.291 e. The molecule has 12 heteroatoms. The number of carbonyl (C=O) groups excluding carboxylic acids is 1. The number of fused-ring (bicyclic) bond motifs is 4. The predicted octanol–water partition coefficient (Wildman–Crippen LogP) is 2.53. The lowest BCUT2D eigenvalue weighted by molar-refractivity contribution is -0.119. The van der Waals surface area contributed by atoms with Gasteiger partial charge in [-0.05, 0) is 24.1 Å². The molecule has 0 radical (unpaired) electrons. The Bertz CT molecular complexity index is 1800. The van der Waals surface area contributed by atoms with Crippen molar-refractivity contribution in [1.82, 2.24) is 45.0 Å². The van der Waals surface area contributed by atoms with Gasteiger partial charge in [0.25, 0.3) is 5.56 Å². The third-order valence-corrected chi connectivity index (χ3v) is 7.32. The minimum atomic E-state index is -0.491. The largest absolute Gasteiger partial charge is 0.341 e. The van der Waals surface area contributed by atoms with E-state index in [0.29, 0.717) is 28.4 Å². The average Bonchev–Trinajstić information content (AvgIpc) is 3.60. The van der Waals surface area contributed by atoms with Gasteiger partial charge in [0.1, 0.15) is 16.6 Å². The number of rotatable bonds is 5. The fraction of sp³-hybridized carbons (Fsp3) is 0.217. The number of thiazole rings is 1. The molecule has 11 nitrogen and oxygen atoms in total. The Hall–Kier alpha value is -4.32. The molecule has 0 bridgehead atoms. The minimum absolute atomic E-state index is 0.182. The second-order valence-corrected chi connectivity index (χ2v) is 9.50. The van der Waals surface area contributed by atoms with Gasteiger partial charge in [0.2, 0.25) is 5.91 Å². The van der Waals surface area contributed by atoms with E-state index in [1.54, 1.807) is 23.2 Å². The molecule has 1 atom stereocenters. The molecule has 6 aromatic rings. The summed E-state index contributed by atoms with van der Waals surface area (Å²) in [4.78, 5) is 30.2. The van der Waals surface area contributed by atoms with Crippen LogP contribution in [0.25, 0.3) is 32.2 Å². The third kappa shape index (κ3) is 3.33. The maximum absolute atomic E-state index is 13.5. The summed E-state index contributed by atoms with van der Waals surface area (Å²) in [5, 5.41) is 24.0. The first kappa shape index (κ1) is 21.2. The van der Waals surface area contributed by atoms with Gasteiger partial charge in [0, 0.05) is 30.9 Å². The van der Waals surface area contributed by atoms with Crippen molar-refractivity contribution in [3.8, 4) is 0 Å². The van der Waals surface area contributed by atoms with Gasteiger partial charge >= 0.3 is 0 Å². The third-order valence-electron chi connectivity index (χ3n) is 6.18. The molecule has 3 N–H and O–H groups in total. The van der Waals surface area contributed by atoms with Gasteiger partial charge < -0.3 is 9.88 Å². The molecule has 0 aliphatic rings. The zero-order valence-corrected chi connectivity index (χ0v) is 20.0. The lowest BCUT2D eigenvalue weighted by atomic mass is 10.1. The van der Waals surface area contributed by atoms with Crippen molar-refractivity contribution in [2.45, 2.75) is 26.4 Å². The van der Waals surface area contributed by atoms with Crippen LogP contribution in [0.2, 0.25) is 0 Å². The van der Waals surface area contributed by atoms with Crippen molar-refractivity contribution in [2.24, 2.45) is 7.05 Å². The van der Waals surface area contributed by atoms with Crippen LogP contribution in [0.5, 0.6) is 0 Å². The number of nitrogens with one attached hydrogen (secondary N) is 3. The fourth-order valence-corrected chi connectivity index (χ4v) is 5.64. The molecule has 0 saturated heterocycles. The van der Waals surface area contributed by atoms with Gasteiger partial charge in [-0.25, -0.2) is 9.67 Å². The zero-order chi connectivity index (χ0) is 24.3. The van der Waals surface area contributed by atoms with Crippen LogP contribution in [0.1, 0.15) is 34.8 Å². The van der Waals surface area contributed by atoms with E-state index in [1.165, 1.54) is 22.9 Å². The number of aromatic amines is 2. The number of amides is 1. The number of H-pyrrole nitrogens is 2. The monoisotopic (exact) mass is 487 g/mol. The van der Waals surface area contributed by atoms with Crippen LogP contribution in [0.4, 0.5) is 0 Å². The molecule has 0 fully saturated rings. The highest BCUT2D eigenvalue weighted by molar-refractivity contribution is 7.19. The molecular formula is C23H21N9O2S. The van der Waals surface area contributed by atoms with Crippen molar-refractivity contribution < 1.29 is 4.79 Å². The molecule has 1 aromatic carbocycles. The summed E-state index contributed by atoms with van der Waals surface area (Å²) >= 11 is 1.43. The summed E-state index contributed by atoms with van der Waals surface area (Å²) in [6, 6.07) is 5.34. The fourth-order valence-electron chi connectivity index (χ4n) is 4.47. The van der Waals surface area contributed by atoms with Crippen LogP contribution in [-0.4, -0.2) is 45.6 Å². The molecule has 5 aromatic heterocycles. The molecular weight excluding hydrogens is 466 g/mol. The summed E-state index contributed by atoms with van der Waals surface area (Å²) in [6.45, 7) is 3.72. The van der Waals surface area contributed by atoms with Crippen molar-refractivity contribution in [1.29, 1.82) is 0 Å². The summed E-state index contributed by atoms with van der Waals surface area (Å²) in [7, 11) is 1.82. The van der Waals surface area contributed by atoms with E-state index in [2.05, 4.69) is 30.8 Å². The van der Waals surface area contributed by atoms with E-state index in [1.807, 2.05) is 32.2 Å². The van der Waals surface area contributed by atoms with Crippen LogP contribution in [0.3, 0.4) is 0 Å². The molecule has 0 saturated carbocycles. The maximum atomic E-state index is 13.5. The van der Waals surface area contributed by atoms with Crippen LogP contribution in [0, 0.1) is 6.92 Å². The Kier molecular flexibility index (Phi) is 4.78. The topological polar surface area (TPSA) is 139 Å².